The highest BCUT2D eigenvalue weighted by Crippen LogP contribution is 2.32. The molecule has 32 heavy (non-hydrogen) atoms. The maximum Gasteiger partial charge on any atom is 0.416 e. The molecule has 1 atom stereocenters. The maximum absolute atomic E-state index is 13.2. The van der Waals surface area contributed by atoms with Crippen molar-refractivity contribution in [2.45, 2.75) is 19.1 Å². The third kappa shape index (κ3) is 5.28. The number of nitrogen functional groups attached to an aromatic ring is 1. The Hall–Kier alpha value is -3.34. The molecule has 1 fully saturated rings. The number of benzene rings is 1. The van der Waals surface area contributed by atoms with Gasteiger partial charge < -0.3 is 26.6 Å². The van der Waals surface area contributed by atoms with Crippen molar-refractivity contribution in [2.75, 3.05) is 43.9 Å². The van der Waals surface area contributed by atoms with Crippen molar-refractivity contribution in [3.63, 3.8) is 0 Å². The van der Waals surface area contributed by atoms with Crippen molar-refractivity contribution in [2.24, 2.45) is 0 Å². The summed E-state index contributed by atoms with van der Waals surface area (Å²) in [4.78, 5) is 18.8. The van der Waals surface area contributed by atoms with Gasteiger partial charge in [-0.15, -0.1) is 0 Å². The normalized spacial score (nSPS) is 15.2. The molecule has 1 aliphatic heterocycles. The second-order valence-electron chi connectivity index (χ2n) is 7.53. The lowest BCUT2D eigenvalue weighted by molar-refractivity contribution is -0.137. The number of hydrogen-bond donors (Lipinski definition) is 5. The van der Waals surface area contributed by atoms with Crippen LogP contribution in [0.5, 0.6) is 0 Å². The molecule has 0 radical (unpaired) electrons. The average molecular weight is 449 g/mol. The van der Waals surface area contributed by atoms with E-state index in [2.05, 4.69) is 20.9 Å². The standard InChI is InChI=1S/C21H26F3N7O/c1-12(13-7-14(21(22,23)24)9-15(25)8-13)30-19(26)16-10-18(31-5-3-28-4-6-31)29-11-17(16)20(32)27-2/h7-12,28H,3-6,25H2,1-2H3,(H2,26,30)(H,27,32)/t12-/m1/s1. The largest absolute Gasteiger partial charge is 0.416 e. The van der Waals surface area contributed by atoms with Gasteiger partial charge in [0.05, 0.1) is 17.2 Å². The molecule has 0 spiro atoms. The molecule has 1 saturated heterocycles. The smallest absolute Gasteiger partial charge is 0.399 e. The van der Waals surface area contributed by atoms with Gasteiger partial charge in [-0.3, -0.25) is 10.2 Å². The molecule has 1 aromatic carbocycles. The Labute approximate surface area is 183 Å². The second-order valence-corrected chi connectivity index (χ2v) is 7.53. The predicted octanol–water partition coefficient (Wildman–Crippen LogP) is 2.13. The van der Waals surface area contributed by atoms with E-state index in [0.717, 1.165) is 38.3 Å². The van der Waals surface area contributed by atoms with Gasteiger partial charge in [-0.25, -0.2) is 4.98 Å². The van der Waals surface area contributed by atoms with Crippen LogP contribution in [0.4, 0.5) is 24.7 Å². The number of rotatable bonds is 5. The number of piperazine rings is 1. The van der Waals surface area contributed by atoms with Gasteiger partial charge in [0.1, 0.15) is 11.7 Å². The first-order valence-electron chi connectivity index (χ1n) is 10.1. The van der Waals surface area contributed by atoms with E-state index >= 15 is 0 Å². The molecule has 0 saturated carbocycles. The molecule has 6 N–H and O–H groups in total. The molecule has 1 aliphatic rings. The molecule has 1 amide bonds. The Kier molecular flexibility index (Phi) is 6.87. The van der Waals surface area contributed by atoms with Crippen LogP contribution in [0.15, 0.2) is 30.5 Å². The molecular weight excluding hydrogens is 423 g/mol. The van der Waals surface area contributed by atoms with Crippen LogP contribution in [0.25, 0.3) is 0 Å². The van der Waals surface area contributed by atoms with E-state index in [1.807, 2.05) is 4.90 Å². The Morgan fingerprint density at radius 1 is 1.22 bits per heavy atom. The lowest BCUT2D eigenvalue weighted by Gasteiger charge is -2.29. The minimum Gasteiger partial charge on any atom is -0.399 e. The zero-order valence-electron chi connectivity index (χ0n) is 17.8. The van der Waals surface area contributed by atoms with Crippen molar-refractivity contribution in [1.82, 2.24) is 20.9 Å². The van der Waals surface area contributed by atoms with Gasteiger partial charge in [-0.1, -0.05) is 0 Å². The Morgan fingerprint density at radius 2 is 1.91 bits per heavy atom. The number of pyridine rings is 1. The summed E-state index contributed by atoms with van der Waals surface area (Å²) in [6.45, 7) is 4.66. The summed E-state index contributed by atoms with van der Waals surface area (Å²) in [6.07, 6.45) is -3.12. The van der Waals surface area contributed by atoms with Crippen LogP contribution in [0.2, 0.25) is 0 Å². The number of carbonyl (C=O) groups excluding carboxylic acids is 1. The fourth-order valence-electron chi connectivity index (χ4n) is 3.50. The molecule has 8 nitrogen and oxygen atoms in total. The third-order valence-corrected chi connectivity index (χ3v) is 5.24. The van der Waals surface area contributed by atoms with Crippen LogP contribution >= 0.6 is 0 Å². The van der Waals surface area contributed by atoms with E-state index in [4.69, 9.17) is 11.1 Å². The number of carbonyl (C=O) groups is 1. The predicted molar refractivity (Wildman–Crippen MR) is 117 cm³/mol. The Balaban J connectivity index is 1.90. The van der Waals surface area contributed by atoms with Crippen LogP contribution < -0.4 is 26.6 Å². The van der Waals surface area contributed by atoms with E-state index in [-0.39, 0.29) is 22.6 Å². The molecule has 2 heterocycles. The molecule has 1 aromatic heterocycles. The number of nitrogens with two attached hydrogens (primary N) is 1. The van der Waals surface area contributed by atoms with E-state index in [1.165, 1.54) is 19.3 Å². The summed E-state index contributed by atoms with van der Waals surface area (Å²) < 4.78 is 39.5. The van der Waals surface area contributed by atoms with Crippen molar-refractivity contribution in [1.29, 1.82) is 5.41 Å². The number of aromatic nitrogens is 1. The van der Waals surface area contributed by atoms with Crippen LogP contribution in [0.3, 0.4) is 0 Å². The number of halogens is 3. The number of anilines is 2. The SMILES string of the molecule is CNC(=O)c1cnc(N2CCNCC2)cc1C(=N)N[C@H](C)c1cc(N)cc(C(F)(F)F)c1. The highest BCUT2D eigenvalue weighted by atomic mass is 19.4. The second kappa shape index (κ2) is 9.43. The molecule has 0 aliphatic carbocycles. The number of amidine groups is 1. The molecule has 172 valence electrons. The zero-order valence-corrected chi connectivity index (χ0v) is 17.8. The van der Waals surface area contributed by atoms with Crippen LogP contribution in [0, 0.1) is 5.41 Å². The fourth-order valence-corrected chi connectivity index (χ4v) is 3.50. The molecular formula is C21H26F3N7O. The molecule has 2 aromatic rings. The minimum absolute atomic E-state index is 0.0223. The molecule has 11 heteroatoms. The van der Waals surface area contributed by atoms with Crippen molar-refractivity contribution >= 4 is 23.2 Å². The quantitative estimate of drug-likeness (QED) is 0.271. The number of nitrogens with one attached hydrogen (secondary N) is 4. The summed E-state index contributed by atoms with van der Waals surface area (Å²) in [5.41, 5.74) is 5.56. The number of amides is 1. The first-order valence-corrected chi connectivity index (χ1v) is 10.1. The summed E-state index contributed by atoms with van der Waals surface area (Å²) in [6, 6.07) is 4.28. The topological polar surface area (TPSA) is 119 Å². The summed E-state index contributed by atoms with van der Waals surface area (Å²) in [5.74, 6) is 0.101. The van der Waals surface area contributed by atoms with Crippen molar-refractivity contribution in [3.05, 3.63) is 52.7 Å². The summed E-state index contributed by atoms with van der Waals surface area (Å²) in [5, 5.41) is 17.2. The van der Waals surface area contributed by atoms with Crippen LogP contribution in [-0.2, 0) is 6.18 Å². The number of hydrogen-bond acceptors (Lipinski definition) is 6. The van der Waals surface area contributed by atoms with Crippen molar-refractivity contribution in [3.8, 4) is 0 Å². The number of alkyl halides is 3. The molecule has 0 unspecified atom stereocenters. The lowest BCUT2D eigenvalue weighted by Crippen LogP contribution is -2.44. The highest BCUT2D eigenvalue weighted by molar-refractivity contribution is 6.08. The average Bonchev–Trinajstić information content (AvgIpc) is 2.77. The summed E-state index contributed by atoms with van der Waals surface area (Å²) in [7, 11) is 1.47. The Bertz CT molecular complexity index is 1000. The van der Waals surface area contributed by atoms with Crippen LogP contribution in [-0.4, -0.2) is 50.0 Å². The van der Waals surface area contributed by atoms with E-state index in [1.54, 1.807) is 13.0 Å². The first-order chi connectivity index (χ1) is 15.1. The van der Waals surface area contributed by atoms with Gasteiger partial charge in [-0.05, 0) is 36.8 Å². The van der Waals surface area contributed by atoms with Gasteiger partial charge in [0, 0.05) is 50.7 Å². The van der Waals surface area contributed by atoms with Gasteiger partial charge in [0.25, 0.3) is 5.91 Å². The van der Waals surface area contributed by atoms with Gasteiger partial charge in [0.2, 0.25) is 0 Å². The lowest BCUT2D eigenvalue weighted by atomic mass is 10.0. The minimum atomic E-state index is -4.53. The van der Waals surface area contributed by atoms with E-state index in [0.29, 0.717) is 11.4 Å². The molecule has 3 rings (SSSR count). The monoisotopic (exact) mass is 449 g/mol. The van der Waals surface area contributed by atoms with Gasteiger partial charge in [-0.2, -0.15) is 13.2 Å². The van der Waals surface area contributed by atoms with Gasteiger partial charge >= 0.3 is 6.18 Å². The zero-order chi connectivity index (χ0) is 23.5. The van der Waals surface area contributed by atoms with Crippen LogP contribution in [0.1, 0.15) is 40.0 Å². The van der Waals surface area contributed by atoms with Crippen molar-refractivity contribution < 1.29 is 18.0 Å². The van der Waals surface area contributed by atoms with Gasteiger partial charge in [0.15, 0.2) is 0 Å². The maximum atomic E-state index is 13.2. The summed E-state index contributed by atoms with van der Waals surface area (Å²) >= 11 is 0. The Morgan fingerprint density at radius 3 is 2.53 bits per heavy atom. The number of nitrogens with zero attached hydrogens (tertiary/aromatic N) is 2. The van der Waals surface area contributed by atoms with E-state index in [9.17, 15) is 18.0 Å². The fraction of sp³-hybridized carbons (Fsp3) is 0.381. The third-order valence-electron chi connectivity index (χ3n) is 5.24. The van der Waals surface area contributed by atoms with E-state index < -0.39 is 23.7 Å². The first kappa shape index (κ1) is 23.3. The highest BCUT2D eigenvalue weighted by Gasteiger charge is 2.31. The molecule has 0 bridgehead atoms.